The van der Waals surface area contributed by atoms with Crippen molar-refractivity contribution in [3.05, 3.63) is 22.4 Å². The molecule has 2 aliphatic heterocycles. The normalized spacial score (nSPS) is 22.3. The molecule has 7 heteroatoms. The fraction of sp³-hybridized carbons (Fsp3) is 0.647. The van der Waals surface area contributed by atoms with Gasteiger partial charge in [0.15, 0.2) is 0 Å². The molecule has 2 fully saturated rings. The Morgan fingerprint density at radius 2 is 2.21 bits per heavy atom. The Morgan fingerprint density at radius 3 is 2.88 bits per heavy atom. The van der Waals surface area contributed by atoms with Gasteiger partial charge in [0.2, 0.25) is 11.8 Å². The molecule has 1 atom stereocenters. The number of rotatable bonds is 5. The first-order valence-corrected chi connectivity index (χ1v) is 9.52. The Hall–Kier alpha value is -1.44. The minimum absolute atomic E-state index is 0.0213. The average molecular weight is 351 g/mol. The lowest BCUT2D eigenvalue weighted by atomic mass is 9.95. The fourth-order valence-corrected chi connectivity index (χ4v) is 3.92. The minimum Gasteiger partial charge on any atom is -0.378 e. The molecule has 0 aromatic carbocycles. The number of carbonyl (C=O) groups is 2. The first-order chi connectivity index (χ1) is 11.7. The number of carbonyl (C=O) groups excluding carboxylic acids is 2. The summed E-state index contributed by atoms with van der Waals surface area (Å²) in [6, 6.07) is 3.89. The standard InChI is InChI=1S/C17H25N3O3S/c21-16(19-6-3-14-2-1-11-24-14)13-4-8-20(9-5-13)17(22)15-12-23-10-7-18-15/h1-2,11,13,15,18H,3-10,12H2,(H,19,21). The lowest BCUT2D eigenvalue weighted by Crippen LogP contribution is -2.54. The van der Waals surface area contributed by atoms with Crippen LogP contribution < -0.4 is 10.6 Å². The largest absolute Gasteiger partial charge is 0.378 e. The van der Waals surface area contributed by atoms with Crippen LogP contribution in [0, 0.1) is 5.92 Å². The first kappa shape index (κ1) is 17.4. The van der Waals surface area contributed by atoms with Crippen molar-refractivity contribution in [1.29, 1.82) is 0 Å². The molecule has 0 radical (unpaired) electrons. The van der Waals surface area contributed by atoms with E-state index in [0.29, 0.717) is 32.8 Å². The first-order valence-electron chi connectivity index (χ1n) is 8.64. The molecule has 2 N–H and O–H groups in total. The van der Waals surface area contributed by atoms with Gasteiger partial charge in [0.25, 0.3) is 0 Å². The molecule has 1 unspecified atom stereocenters. The van der Waals surface area contributed by atoms with E-state index in [2.05, 4.69) is 22.1 Å². The zero-order valence-electron chi connectivity index (χ0n) is 13.8. The Morgan fingerprint density at radius 1 is 1.38 bits per heavy atom. The van der Waals surface area contributed by atoms with Crippen LogP contribution in [0.3, 0.4) is 0 Å². The Labute approximate surface area is 146 Å². The highest BCUT2D eigenvalue weighted by atomic mass is 32.1. The molecule has 1 aromatic heterocycles. The highest BCUT2D eigenvalue weighted by Gasteiger charge is 2.31. The third kappa shape index (κ3) is 4.55. The van der Waals surface area contributed by atoms with Crippen molar-refractivity contribution in [2.24, 2.45) is 5.92 Å². The molecule has 0 spiro atoms. The van der Waals surface area contributed by atoms with Gasteiger partial charge in [-0.25, -0.2) is 0 Å². The summed E-state index contributed by atoms with van der Waals surface area (Å²) in [7, 11) is 0. The topological polar surface area (TPSA) is 70.7 Å². The quantitative estimate of drug-likeness (QED) is 0.817. The number of amides is 2. The van der Waals surface area contributed by atoms with Crippen LogP contribution in [0.25, 0.3) is 0 Å². The van der Waals surface area contributed by atoms with Crippen LogP contribution in [0.2, 0.25) is 0 Å². The van der Waals surface area contributed by atoms with E-state index in [1.54, 1.807) is 11.3 Å². The van der Waals surface area contributed by atoms with E-state index in [9.17, 15) is 9.59 Å². The van der Waals surface area contributed by atoms with Crippen molar-refractivity contribution in [1.82, 2.24) is 15.5 Å². The van der Waals surface area contributed by atoms with Crippen molar-refractivity contribution in [2.45, 2.75) is 25.3 Å². The Bertz CT molecular complexity index is 535. The number of likely N-dealkylation sites (tertiary alicyclic amines) is 1. The van der Waals surface area contributed by atoms with Gasteiger partial charge in [0.05, 0.1) is 13.2 Å². The summed E-state index contributed by atoms with van der Waals surface area (Å²) in [6.45, 7) is 3.82. The van der Waals surface area contributed by atoms with E-state index in [4.69, 9.17) is 4.74 Å². The third-order valence-electron chi connectivity index (χ3n) is 4.65. The second kappa shape index (κ2) is 8.60. The molecule has 0 bridgehead atoms. The van der Waals surface area contributed by atoms with Crippen LogP contribution in [0.1, 0.15) is 17.7 Å². The zero-order valence-corrected chi connectivity index (χ0v) is 14.6. The average Bonchev–Trinajstić information content (AvgIpc) is 3.15. The number of hydrogen-bond acceptors (Lipinski definition) is 5. The maximum atomic E-state index is 12.4. The summed E-state index contributed by atoms with van der Waals surface area (Å²) in [4.78, 5) is 27.8. The van der Waals surface area contributed by atoms with Crippen LogP contribution in [-0.2, 0) is 20.7 Å². The Balaban J connectivity index is 1.37. The van der Waals surface area contributed by atoms with Gasteiger partial charge in [-0.1, -0.05) is 6.07 Å². The van der Waals surface area contributed by atoms with Crippen LogP contribution in [0.4, 0.5) is 0 Å². The summed E-state index contributed by atoms with van der Waals surface area (Å²) in [5, 5.41) is 8.28. The molecular weight excluding hydrogens is 326 g/mol. The molecule has 3 heterocycles. The summed E-state index contributed by atoms with van der Waals surface area (Å²) in [5.74, 6) is 0.247. The van der Waals surface area contributed by atoms with Gasteiger partial charge in [-0.2, -0.15) is 0 Å². The van der Waals surface area contributed by atoms with Gasteiger partial charge < -0.3 is 20.3 Å². The van der Waals surface area contributed by atoms with Crippen LogP contribution in [0.5, 0.6) is 0 Å². The number of piperidine rings is 1. The van der Waals surface area contributed by atoms with Gasteiger partial charge in [0, 0.05) is 37.0 Å². The summed E-state index contributed by atoms with van der Waals surface area (Å²) < 4.78 is 5.36. The second-order valence-electron chi connectivity index (χ2n) is 6.30. The number of nitrogens with one attached hydrogen (secondary N) is 2. The molecule has 2 aliphatic rings. The van der Waals surface area contributed by atoms with E-state index in [0.717, 1.165) is 25.8 Å². The summed E-state index contributed by atoms with van der Waals surface area (Å²) in [6.07, 6.45) is 2.36. The Kier molecular flexibility index (Phi) is 6.23. The van der Waals surface area contributed by atoms with Crippen LogP contribution in [0.15, 0.2) is 17.5 Å². The van der Waals surface area contributed by atoms with E-state index in [1.165, 1.54) is 4.88 Å². The highest BCUT2D eigenvalue weighted by molar-refractivity contribution is 7.09. The molecule has 132 valence electrons. The van der Waals surface area contributed by atoms with Gasteiger partial charge in [-0.05, 0) is 30.7 Å². The molecular formula is C17H25N3O3S. The molecule has 1 aromatic rings. The van der Waals surface area contributed by atoms with E-state index in [-0.39, 0.29) is 23.8 Å². The monoisotopic (exact) mass is 351 g/mol. The molecule has 6 nitrogen and oxygen atoms in total. The van der Waals surface area contributed by atoms with Crippen molar-refractivity contribution in [2.75, 3.05) is 39.4 Å². The zero-order chi connectivity index (χ0) is 16.8. The number of ether oxygens (including phenoxy) is 1. The highest BCUT2D eigenvalue weighted by Crippen LogP contribution is 2.18. The number of morpholine rings is 1. The van der Waals surface area contributed by atoms with Crippen LogP contribution in [-0.4, -0.2) is 62.1 Å². The summed E-state index contributed by atoms with van der Waals surface area (Å²) in [5.41, 5.74) is 0. The predicted molar refractivity (Wildman–Crippen MR) is 92.9 cm³/mol. The van der Waals surface area contributed by atoms with E-state index >= 15 is 0 Å². The second-order valence-corrected chi connectivity index (χ2v) is 7.33. The third-order valence-corrected chi connectivity index (χ3v) is 5.58. The van der Waals surface area contributed by atoms with Crippen molar-refractivity contribution >= 4 is 23.2 Å². The van der Waals surface area contributed by atoms with Gasteiger partial charge in [0.1, 0.15) is 6.04 Å². The SMILES string of the molecule is O=C(NCCc1cccs1)C1CCN(C(=O)C2COCCN2)CC1. The lowest BCUT2D eigenvalue weighted by Gasteiger charge is -2.35. The van der Waals surface area contributed by atoms with Gasteiger partial charge >= 0.3 is 0 Å². The molecule has 2 amide bonds. The minimum atomic E-state index is -0.227. The number of nitrogens with zero attached hydrogens (tertiary/aromatic N) is 1. The molecule has 3 rings (SSSR count). The molecule has 2 saturated heterocycles. The predicted octanol–water partition coefficient (Wildman–Crippen LogP) is 0.634. The maximum Gasteiger partial charge on any atom is 0.242 e. The van der Waals surface area contributed by atoms with Crippen molar-refractivity contribution in [3.8, 4) is 0 Å². The van der Waals surface area contributed by atoms with Gasteiger partial charge in [-0.15, -0.1) is 11.3 Å². The van der Waals surface area contributed by atoms with Crippen molar-refractivity contribution in [3.63, 3.8) is 0 Å². The summed E-state index contributed by atoms with van der Waals surface area (Å²) >= 11 is 1.72. The van der Waals surface area contributed by atoms with E-state index < -0.39 is 0 Å². The van der Waals surface area contributed by atoms with Crippen LogP contribution >= 0.6 is 11.3 Å². The smallest absolute Gasteiger partial charge is 0.242 e. The molecule has 0 saturated carbocycles. The van der Waals surface area contributed by atoms with Crippen molar-refractivity contribution < 1.29 is 14.3 Å². The number of thiophene rings is 1. The molecule has 24 heavy (non-hydrogen) atoms. The van der Waals surface area contributed by atoms with E-state index in [1.807, 2.05) is 11.0 Å². The fourth-order valence-electron chi connectivity index (χ4n) is 3.21. The van der Waals surface area contributed by atoms with Gasteiger partial charge in [-0.3, -0.25) is 9.59 Å². The number of hydrogen-bond donors (Lipinski definition) is 2. The molecule has 0 aliphatic carbocycles. The maximum absolute atomic E-state index is 12.4. The lowest BCUT2D eigenvalue weighted by molar-refractivity contribution is -0.139.